The molecule has 0 bridgehead atoms. The number of H-pyrrole nitrogens is 1. The molecule has 0 atom stereocenters. The monoisotopic (exact) mass is 448 g/mol. The summed E-state index contributed by atoms with van der Waals surface area (Å²) in [4.78, 5) is 7.78. The molecular weight excluding hydrogens is 423 g/mol. The summed E-state index contributed by atoms with van der Waals surface area (Å²) in [6.07, 6.45) is 2.93. The fourth-order valence-electron chi connectivity index (χ4n) is 2.95. The van der Waals surface area contributed by atoms with Crippen molar-refractivity contribution in [2.24, 2.45) is 10.7 Å². The van der Waals surface area contributed by atoms with E-state index < -0.39 is 0 Å². The Morgan fingerprint density at radius 2 is 1.88 bits per heavy atom. The molecule has 0 radical (unpaired) electrons. The number of hydrogen-bond donors (Lipinski definition) is 3. The molecule has 2 aromatic carbocycles. The molecule has 25 heavy (non-hydrogen) atoms. The number of guanidine groups is 1. The summed E-state index contributed by atoms with van der Waals surface area (Å²) >= 11 is 0. The molecule has 4 nitrogen and oxygen atoms in total. The number of aromatic nitrogens is 1. The quantitative estimate of drug-likeness (QED) is 0.308. The lowest BCUT2D eigenvalue weighted by atomic mass is 10.1. The van der Waals surface area contributed by atoms with E-state index in [0.717, 1.165) is 12.1 Å². The zero-order valence-electron chi connectivity index (χ0n) is 14.9. The van der Waals surface area contributed by atoms with Gasteiger partial charge >= 0.3 is 0 Å². The van der Waals surface area contributed by atoms with Crippen LogP contribution >= 0.6 is 24.0 Å². The third-order valence-corrected chi connectivity index (χ3v) is 4.44. The van der Waals surface area contributed by atoms with Crippen LogP contribution in [0.2, 0.25) is 0 Å². The lowest BCUT2D eigenvalue weighted by molar-refractivity contribution is 0.971. The Balaban J connectivity index is 0.00000225. The second-order valence-corrected chi connectivity index (χ2v) is 6.25. The Morgan fingerprint density at radius 3 is 2.64 bits per heavy atom. The number of anilines is 1. The van der Waals surface area contributed by atoms with Gasteiger partial charge in [0.1, 0.15) is 0 Å². The zero-order valence-corrected chi connectivity index (χ0v) is 17.2. The van der Waals surface area contributed by atoms with Crippen LogP contribution in [0.25, 0.3) is 10.9 Å². The molecule has 0 unspecified atom stereocenters. The van der Waals surface area contributed by atoms with Crippen molar-refractivity contribution in [1.82, 2.24) is 4.98 Å². The number of halogens is 1. The van der Waals surface area contributed by atoms with Gasteiger partial charge in [-0.05, 0) is 67.6 Å². The van der Waals surface area contributed by atoms with Gasteiger partial charge in [0.2, 0.25) is 0 Å². The van der Waals surface area contributed by atoms with Gasteiger partial charge < -0.3 is 16.0 Å². The number of fused-ring (bicyclic) bond motifs is 1. The third-order valence-electron chi connectivity index (χ3n) is 4.44. The van der Waals surface area contributed by atoms with Crippen LogP contribution in [0.3, 0.4) is 0 Å². The minimum atomic E-state index is 0. The Kier molecular flexibility index (Phi) is 6.47. The highest BCUT2D eigenvalue weighted by Crippen LogP contribution is 2.22. The van der Waals surface area contributed by atoms with E-state index in [9.17, 15) is 0 Å². The van der Waals surface area contributed by atoms with Crippen LogP contribution in [0.4, 0.5) is 5.69 Å². The molecule has 3 aromatic rings. The maximum Gasteiger partial charge on any atom is 0.193 e. The number of aryl methyl sites for hydroxylation is 3. The summed E-state index contributed by atoms with van der Waals surface area (Å²) in [5.41, 5.74) is 13.2. The van der Waals surface area contributed by atoms with Gasteiger partial charge in [-0.15, -0.1) is 24.0 Å². The molecule has 5 heteroatoms. The van der Waals surface area contributed by atoms with Crippen LogP contribution in [-0.2, 0) is 6.42 Å². The van der Waals surface area contributed by atoms with E-state index in [4.69, 9.17) is 5.73 Å². The molecule has 1 heterocycles. The topological polar surface area (TPSA) is 66.2 Å². The summed E-state index contributed by atoms with van der Waals surface area (Å²) in [6, 6.07) is 12.5. The average molecular weight is 448 g/mol. The summed E-state index contributed by atoms with van der Waals surface area (Å²) in [7, 11) is 0. The third kappa shape index (κ3) is 4.54. The first-order valence-corrected chi connectivity index (χ1v) is 8.24. The number of nitrogens with one attached hydrogen (secondary N) is 2. The first-order valence-electron chi connectivity index (χ1n) is 8.24. The Hall–Kier alpha value is -2.02. The SMILES string of the molecule is Cc1ccc(NC(N)=NCCc2c[nH]c3cccc(C)c23)cc1C.I. The van der Waals surface area contributed by atoms with E-state index in [0.29, 0.717) is 12.5 Å². The molecule has 0 spiro atoms. The van der Waals surface area contributed by atoms with Crippen LogP contribution < -0.4 is 11.1 Å². The number of rotatable bonds is 4. The zero-order chi connectivity index (χ0) is 17.1. The van der Waals surface area contributed by atoms with Gasteiger partial charge in [0.05, 0.1) is 0 Å². The first-order chi connectivity index (χ1) is 11.5. The first kappa shape index (κ1) is 19.3. The highest BCUT2D eigenvalue weighted by Gasteiger charge is 2.05. The van der Waals surface area contributed by atoms with Crippen LogP contribution in [-0.4, -0.2) is 17.5 Å². The van der Waals surface area contributed by atoms with Crippen LogP contribution in [0.1, 0.15) is 22.3 Å². The minimum Gasteiger partial charge on any atom is -0.370 e. The number of aliphatic imine (C=N–C) groups is 1. The van der Waals surface area contributed by atoms with Crippen molar-refractivity contribution >= 4 is 46.5 Å². The van der Waals surface area contributed by atoms with E-state index in [2.05, 4.69) is 72.6 Å². The van der Waals surface area contributed by atoms with Gasteiger partial charge in [-0.2, -0.15) is 0 Å². The molecule has 0 saturated heterocycles. The second kappa shape index (κ2) is 8.38. The second-order valence-electron chi connectivity index (χ2n) is 6.25. The number of benzene rings is 2. The summed E-state index contributed by atoms with van der Waals surface area (Å²) in [5, 5.41) is 4.46. The number of nitrogens with two attached hydrogens (primary N) is 1. The summed E-state index contributed by atoms with van der Waals surface area (Å²) in [6.45, 7) is 6.98. The predicted molar refractivity (Wildman–Crippen MR) is 118 cm³/mol. The van der Waals surface area contributed by atoms with Crippen molar-refractivity contribution in [3.63, 3.8) is 0 Å². The smallest absolute Gasteiger partial charge is 0.193 e. The van der Waals surface area contributed by atoms with Gasteiger partial charge in [-0.3, -0.25) is 4.99 Å². The molecule has 0 aliphatic heterocycles. The van der Waals surface area contributed by atoms with Gasteiger partial charge in [0, 0.05) is 29.3 Å². The summed E-state index contributed by atoms with van der Waals surface area (Å²) in [5.74, 6) is 0.454. The molecular formula is C20H25IN4. The summed E-state index contributed by atoms with van der Waals surface area (Å²) < 4.78 is 0. The largest absolute Gasteiger partial charge is 0.370 e. The van der Waals surface area contributed by atoms with E-state index in [1.807, 2.05) is 6.07 Å². The minimum absolute atomic E-state index is 0. The van der Waals surface area contributed by atoms with E-state index >= 15 is 0 Å². The van der Waals surface area contributed by atoms with E-state index in [-0.39, 0.29) is 24.0 Å². The Morgan fingerprint density at radius 1 is 1.08 bits per heavy atom. The molecule has 0 saturated carbocycles. The molecule has 132 valence electrons. The number of aromatic amines is 1. The lowest BCUT2D eigenvalue weighted by Gasteiger charge is -2.08. The molecule has 3 rings (SSSR count). The highest BCUT2D eigenvalue weighted by molar-refractivity contribution is 14.0. The molecule has 0 aliphatic carbocycles. The fraction of sp³-hybridized carbons (Fsp3) is 0.250. The fourth-order valence-corrected chi connectivity index (χ4v) is 2.95. The van der Waals surface area contributed by atoms with Crippen molar-refractivity contribution in [2.45, 2.75) is 27.2 Å². The molecule has 0 aliphatic rings. The van der Waals surface area contributed by atoms with Gasteiger partial charge in [-0.1, -0.05) is 18.2 Å². The van der Waals surface area contributed by atoms with Crippen LogP contribution in [0.5, 0.6) is 0 Å². The van der Waals surface area contributed by atoms with Crippen molar-refractivity contribution in [1.29, 1.82) is 0 Å². The number of hydrogen-bond acceptors (Lipinski definition) is 1. The van der Waals surface area contributed by atoms with Crippen molar-refractivity contribution in [3.05, 3.63) is 64.8 Å². The van der Waals surface area contributed by atoms with Crippen molar-refractivity contribution in [3.8, 4) is 0 Å². The average Bonchev–Trinajstić information content (AvgIpc) is 2.96. The van der Waals surface area contributed by atoms with E-state index in [1.165, 1.54) is 33.2 Å². The predicted octanol–water partition coefficient (Wildman–Crippen LogP) is 4.68. The van der Waals surface area contributed by atoms with Crippen LogP contribution in [0.15, 0.2) is 47.6 Å². The molecule has 4 N–H and O–H groups in total. The molecule has 1 aromatic heterocycles. The standard InChI is InChI=1S/C20H24N4.HI/c1-13-7-8-17(11-15(13)3)24-20(21)22-10-9-16-12-23-18-6-4-5-14(2)19(16)18;/h4-8,11-12,23H,9-10H2,1-3H3,(H3,21,22,24);1H. The molecule has 0 amide bonds. The van der Waals surface area contributed by atoms with Crippen molar-refractivity contribution < 1.29 is 0 Å². The normalized spacial score (nSPS) is 11.4. The number of nitrogens with zero attached hydrogens (tertiary/aromatic N) is 1. The molecule has 0 fully saturated rings. The van der Waals surface area contributed by atoms with Crippen molar-refractivity contribution in [2.75, 3.05) is 11.9 Å². The lowest BCUT2D eigenvalue weighted by Crippen LogP contribution is -2.23. The van der Waals surface area contributed by atoms with Crippen LogP contribution in [0, 0.1) is 20.8 Å². The highest BCUT2D eigenvalue weighted by atomic mass is 127. The Bertz CT molecular complexity index is 896. The van der Waals surface area contributed by atoms with Gasteiger partial charge in [0.25, 0.3) is 0 Å². The van der Waals surface area contributed by atoms with E-state index in [1.54, 1.807) is 0 Å². The Labute approximate surface area is 165 Å². The van der Waals surface area contributed by atoms with Gasteiger partial charge in [0.15, 0.2) is 5.96 Å². The van der Waals surface area contributed by atoms with Gasteiger partial charge in [-0.25, -0.2) is 0 Å². The maximum absolute atomic E-state index is 6.01. The maximum atomic E-state index is 6.01.